The quantitative estimate of drug-likeness (QED) is 0.392. The minimum atomic E-state index is 0. The Morgan fingerprint density at radius 2 is 1.33 bits per heavy atom. The maximum atomic E-state index is 2.24. The van der Waals surface area contributed by atoms with E-state index in [9.17, 15) is 0 Å². The Morgan fingerprint density at radius 3 is 2.00 bits per heavy atom. The summed E-state index contributed by atoms with van der Waals surface area (Å²) in [6.45, 7) is 0. The second-order valence-corrected chi connectivity index (χ2v) is 3.74. The first kappa shape index (κ1) is 17.9. The summed E-state index contributed by atoms with van der Waals surface area (Å²) in [6, 6.07) is 23.4. The van der Waals surface area contributed by atoms with Gasteiger partial charge < -0.3 is 34.0 Å². The molecule has 0 unspecified atom stereocenters. The fraction of sp³-hybridized carbons (Fsp3) is 0. The second-order valence-electron chi connectivity index (χ2n) is 3.74. The smallest absolute Gasteiger partial charge is 1.00 e. The minimum absolute atomic E-state index is 0. The fourth-order valence-electron chi connectivity index (χ4n) is 1.95. The molecule has 0 aliphatic heterocycles. The van der Waals surface area contributed by atoms with Gasteiger partial charge in [0.25, 0.3) is 0 Å². The minimum Gasteiger partial charge on any atom is -1.00 e. The first-order valence-electron chi connectivity index (χ1n) is 5.14. The molecule has 0 spiro atoms. The van der Waals surface area contributed by atoms with Gasteiger partial charge in [-0.1, -0.05) is 54.1 Å². The van der Waals surface area contributed by atoms with E-state index in [2.05, 4.69) is 60.7 Å². The summed E-state index contributed by atoms with van der Waals surface area (Å²) in [5.74, 6) is 0. The van der Waals surface area contributed by atoms with E-state index < -0.39 is 0 Å². The van der Waals surface area contributed by atoms with Crippen molar-refractivity contribution >= 4 is 10.8 Å². The molecule has 0 bridgehead atoms. The Kier molecular flexibility index (Phi) is 8.09. The predicted octanol–water partition coefficient (Wildman–Crippen LogP) is -1.77. The van der Waals surface area contributed by atoms with Gasteiger partial charge in [0, 0.05) is 0 Å². The molecule has 1 radical (unpaired) electrons. The average molecular weight is 442 g/mol. The molecule has 3 heteroatoms. The SMILES string of the molecule is [Br-].[Br-].[Zr+3].c1ccc(-c2cc3ccccc3[cH-]2)cc1. The van der Waals surface area contributed by atoms with Crippen molar-refractivity contribution in [1.82, 2.24) is 0 Å². The standard InChI is InChI=1S/C15H11.2BrH.Zr/c1-2-6-12(7-3-1)15-10-13-8-4-5-9-14(13)11-15;;;/h1-11H;2*1H;/q-1;;;+3/p-2. The van der Waals surface area contributed by atoms with Crippen molar-refractivity contribution in [2.75, 3.05) is 0 Å². The summed E-state index contributed by atoms with van der Waals surface area (Å²) in [7, 11) is 0. The molecule has 0 nitrogen and oxygen atoms in total. The number of hydrogen-bond acceptors (Lipinski definition) is 0. The van der Waals surface area contributed by atoms with E-state index in [0.717, 1.165) is 0 Å². The molecule has 0 aliphatic rings. The molecule has 3 rings (SSSR count). The van der Waals surface area contributed by atoms with Crippen LogP contribution in [0.15, 0.2) is 66.7 Å². The number of halogens is 2. The Hall–Kier alpha value is -0.107. The Labute approximate surface area is 147 Å². The van der Waals surface area contributed by atoms with Crippen LogP contribution in [-0.4, -0.2) is 0 Å². The molecule has 18 heavy (non-hydrogen) atoms. The van der Waals surface area contributed by atoms with Crippen molar-refractivity contribution in [2.24, 2.45) is 0 Å². The van der Waals surface area contributed by atoms with Gasteiger partial charge in [0.1, 0.15) is 0 Å². The van der Waals surface area contributed by atoms with Crippen LogP contribution in [-0.2, 0) is 26.2 Å². The van der Waals surface area contributed by atoms with E-state index in [4.69, 9.17) is 0 Å². The van der Waals surface area contributed by atoms with E-state index in [1.807, 2.05) is 6.07 Å². The molecule has 3 aromatic carbocycles. The van der Waals surface area contributed by atoms with Gasteiger partial charge in [0.2, 0.25) is 0 Å². The molecule has 0 aliphatic carbocycles. The second kappa shape index (κ2) is 8.14. The number of fused-ring (bicyclic) bond motifs is 1. The summed E-state index contributed by atoms with van der Waals surface area (Å²) >= 11 is 0. The van der Waals surface area contributed by atoms with E-state index in [0.29, 0.717) is 0 Å². The van der Waals surface area contributed by atoms with E-state index in [-0.39, 0.29) is 60.2 Å². The van der Waals surface area contributed by atoms with Gasteiger partial charge in [-0.15, -0.1) is 34.5 Å². The van der Waals surface area contributed by atoms with Crippen LogP contribution in [0.4, 0.5) is 0 Å². The Balaban J connectivity index is 0.000000963. The summed E-state index contributed by atoms with van der Waals surface area (Å²) in [6.07, 6.45) is 0. The third-order valence-corrected chi connectivity index (χ3v) is 2.73. The van der Waals surface area contributed by atoms with Gasteiger partial charge >= 0.3 is 26.2 Å². The van der Waals surface area contributed by atoms with Gasteiger partial charge in [-0.25, -0.2) is 0 Å². The zero-order chi connectivity index (χ0) is 10.1. The average Bonchev–Trinajstić information content (AvgIpc) is 2.74. The van der Waals surface area contributed by atoms with Crippen molar-refractivity contribution in [1.29, 1.82) is 0 Å². The summed E-state index contributed by atoms with van der Waals surface area (Å²) < 4.78 is 0. The van der Waals surface area contributed by atoms with E-state index in [1.165, 1.54) is 21.9 Å². The zero-order valence-corrected chi connectivity index (χ0v) is 15.2. The molecule has 0 amide bonds. The molecule has 0 fully saturated rings. The molecule has 3 aromatic rings. The van der Waals surface area contributed by atoms with Crippen LogP contribution in [0.2, 0.25) is 0 Å². The van der Waals surface area contributed by atoms with Crippen LogP contribution in [0.5, 0.6) is 0 Å². The van der Waals surface area contributed by atoms with Crippen LogP contribution >= 0.6 is 0 Å². The number of rotatable bonds is 1. The van der Waals surface area contributed by atoms with Crippen molar-refractivity contribution in [3.05, 3.63) is 66.7 Å². The third-order valence-electron chi connectivity index (χ3n) is 2.73. The van der Waals surface area contributed by atoms with E-state index in [1.54, 1.807) is 0 Å². The van der Waals surface area contributed by atoms with Crippen LogP contribution in [0.3, 0.4) is 0 Å². The Morgan fingerprint density at radius 1 is 0.722 bits per heavy atom. The molecule has 89 valence electrons. The largest absolute Gasteiger partial charge is 3.00 e. The van der Waals surface area contributed by atoms with Gasteiger partial charge in [-0.05, 0) is 0 Å². The third kappa shape index (κ3) is 3.69. The number of benzene rings is 2. The maximum Gasteiger partial charge on any atom is 3.00 e. The summed E-state index contributed by atoms with van der Waals surface area (Å²) in [5.41, 5.74) is 2.59. The molecule has 0 saturated heterocycles. The van der Waals surface area contributed by atoms with Gasteiger partial charge in [0.05, 0.1) is 0 Å². The van der Waals surface area contributed by atoms with Crippen LogP contribution in [0.25, 0.3) is 21.9 Å². The number of hydrogen-bond donors (Lipinski definition) is 0. The predicted molar refractivity (Wildman–Crippen MR) is 65.0 cm³/mol. The molecule has 0 aromatic heterocycles. The van der Waals surface area contributed by atoms with Gasteiger partial charge in [-0.3, -0.25) is 0 Å². The molecule has 0 heterocycles. The normalized spacial score (nSPS) is 8.89. The Bertz CT molecular complexity index is 555. The van der Waals surface area contributed by atoms with Crippen LogP contribution in [0, 0.1) is 0 Å². The van der Waals surface area contributed by atoms with Crippen molar-refractivity contribution in [3.63, 3.8) is 0 Å². The van der Waals surface area contributed by atoms with Crippen molar-refractivity contribution in [3.8, 4) is 11.1 Å². The fourth-order valence-corrected chi connectivity index (χ4v) is 1.95. The van der Waals surface area contributed by atoms with Crippen LogP contribution in [0.1, 0.15) is 0 Å². The monoisotopic (exact) mass is 439 g/mol. The molecule has 0 saturated carbocycles. The van der Waals surface area contributed by atoms with Gasteiger partial charge in [0.15, 0.2) is 0 Å². The van der Waals surface area contributed by atoms with Crippen molar-refractivity contribution < 1.29 is 60.2 Å². The summed E-state index contributed by atoms with van der Waals surface area (Å²) in [5, 5.41) is 2.63. The van der Waals surface area contributed by atoms with Crippen molar-refractivity contribution in [2.45, 2.75) is 0 Å². The first-order chi connectivity index (χ1) is 7.43. The summed E-state index contributed by atoms with van der Waals surface area (Å²) in [4.78, 5) is 0. The maximum absolute atomic E-state index is 2.24. The molecular formula is C15H11Br2Zr. The first-order valence-corrected chi connectivity index (χ1v) is 5.14. The molecule has 0 N–H and O–H groups in total. The van der Waals surface area contributed by atoms with E-state index >= 15 is 0 Å². The topological polar surface area (TPSA) is 0 Å². The van der Waals surface area contributed by atoms with Gasteiger partial charge in [-0.2, -0.15) is 0 Å². The zero-order valence-electron chi connectivity index (χ0n) is 9.61. The molecular weight excluding hydrogens is 431 g/mol. The molecule has 0 atom stereocenters. The van der Waals surface area contributed by atoms with Crippen LogP contribution < -0.4 is 34.0 Å².